The van der Waals surface area contributed by atoms with Crippen LogP contribution in [-0.2, 0) is 37.9 Å². The molecule has 16 atom stereocenters. The molecule has 1 saturated carbocycles. The third-order valence-corrected chi connectivity index (χ3v) is 12.4. The number of ether oxygens (including phenoxy) is 8. The summed E-state index contributed by atoms with van der Waals surface area (Å²) in [5, 5.41) is 31.6. The molecule has 11 nitrogen and oxygen atoms in total. The molecule has 0 bridgehead atoms. The van der Waals surface area contributed by atoms with Crippen molar-refractivity contribution in [2.45, 2.75) is 140 Å². The fourth-order valence-corrected chi connectivity index (χ4v) is 9.98. The van der Waals surface area contributed by atoms with Crippen LogP contribution in [0.3, 0.4) is 0 Å². The van der Waals surface area contributed by atoms with Crippen molar-refractivity contribution in [3.8, 4) is 0 Å². The van der Waals surface area contributed by atoms with Crippen molar-refractivity contribution in [3.63, 3.8) is 0 Å². The molecule has 0 aromatic heterocycles. The first-order valence-electron chi connectivity index (χ1n) is 16.6. The van der Waals surface area contributed by atoms with E-state index in [1.54, 1.807) is 6.92 Å². The van der Waals surface area contributed by atoms with E-state index in [2.05, 4.69) is 13.0 Å². The Morgan fingerprint density at radius 1 is 0.955 bits per heavy atom. The lowest BCUT2D eigenvalue weighted by molar-refractivity contribution is -0.343. The quantitative estimate of drug-likeness (QED) is 0.391. The molecule has 3 N–H and O–H groups in total. The van der Waals surface area contributed by atoms with Gasteiger partial charge in [0.1, 0.15) is 36.3 Å². The molecular weight excluding hydrogens is 572 g/mol. The molecule has 246 valence electrons. The molecule has 44 heavy (non-hydrogen) atoms. The van der Waals surface area contributed by atoms with E-state index in [4.69, 9.17) is 37.9 Å². The Hall–Kier alpha value is -1.12. The molecule has 5 heterocycles. The van der Waals surface area contributed by atoms with Crippen LogP contribution in [0.25, 0.3) is 0 Å². The molecule has 8 aliphatic rings. The van der Waals surface area contributed by atoms with Crippen molar-refractivity contribution >= 4 is 0 Å². The maximum Gasteiger partial charge on any atom is 0.186 e. The highest BCUT2D eigenvalue weighted by atomic mass is 16.7. The van der Waals surface area contributed by atoms with Gasteiger partial charge in [-0.3, -0.25) is 0 Å². The van der Waals surface area contributed by atoms with Gasteiger partial charge in [-0.2, -0.15) is 0 Å². The second kappa shape index (κ2) is 11.0. The summed E-state index contributed by atoms with van der Waals surface area (Å²) in [6.07, 6.45) is 1.25. The van der Waals surface area contributed by atoms with E-state index in [-0.39, 0.29) is 35.7 Å². The van der Waals surface area contributed by atoms with Crippen molar-refractivity contribution in [2.75, 3.05) is 20.3 Å². The molecular formula is C33H48O11. The predicted octanol–water partition coefficient (Wildman–Crippen LogP) is 2.31. The number of allylic oxidation sites excluding steroid dienone is 2. The van der Waals surface area contributed by atoms with E-state index >= 15 is 0 Å². The molecule has 1 spiro atoms. The van der Waals surface area contributed by atoms with Crippen molar-refractivity contribution in [3.05, 3.63) is 23.0 Å². The molecule has 3 aliphatic carbocycles. The van der Waals surface area contributed by atoms with Crippen molar-refractivity contribution in [1.82, 2.24) is 0 Å². The Morgan fingerprint density at radius 2 is 1.80 bits per heavy atom. The van der Waals surface area contributed by atoms with Crippen molar-refractivity contribution < 1.29 is 53.2 Å². The normalized spacial score (nSPS) is 54.7. The zero-order valence-corrected chi connectivity index (χ0v) is 26.1. The van der Waals surface area contributed by atoms with E-state index < -0.39 is 55.3 Å². The molecule has 5 aliphatic heterocycles. The standard InChI is InChI=1S/C33H48O11/c1-15-25(35)21(34)12-23(40-15)44-27-16(2)41-31(26(36)28(27)37-4)42-18-7-9-32(3)17(11-18)5-6-19-20(32)8-10-33-14-39-30-24(33)22(13-38-30)43-29(19)33/h5,15-16,18,20-28,30-31,34-36H,6-14H2,1-4H3/t15-,16-,18+,20+,21+,22-,23+,24-,25-,26-,27-,28-,30-,31+,32+,33-/m1/s1. The van der Waals surface area contributed by atoms with Crippen LogP contribution in [0.5, 0.6) is 0 Å². The molecule has 5 saturated heterocycles. The Bertz CT molecular complexity index is 1180. The molecule has 6 fully saturated rings. The second-order valence-corrected chi connectivity index (χ2v) is 14.7. The summed E-state index contributed by atoms with van der Waals surface area (Å²) < 4.78 is 49.0. The van der Waals surface area contributed by atoms with Gasteiger partial charge in [-0.05, 0) is 69.3 Å². The first-order valence-corrected chi connectivity index (χ1v) is 16.6. The predicted molar refractivity (Wildman–Crippen MR) is 153 cm³/mol. The number of rotatable bonds is 5. The first kappa shape index (κ1) is 30.2. The summed E-state index contributed by atoms with van der Waals surface area (Å²) in [5.41, 5.74) is 2.97. The van der Waals surface area contributed by atoms with Crippen molar-refractivity contribution in [2.24, 2.45) is 22.7 Å². The van der Waals surface area contributed by atoms with Gasteiger partial charge < -0.3 is 53.2 Å². The minimum atomic E-state index is -1.07. The lowest BCUT2D eigenvalue weighted by Gasteiger charge is -2.52. The number of aliphatic hydroxyl groups is 3. The number of hydrogen-bond donors (Lipinski definition) is 3. The smallest absolute Gasteiger partial charge is 0.186 e. The molecule has 0 amide bonds. The Kier molecular flexibility index (Phi) is 7.54. The third kappa shape index (κ3) is 4.45. The van der Waals surface area contributed by atoms with Crippen LogP contribution in [0.4, 0.5) is 0 Å². The van der Waals surface area contributed by atoms with Crippen LogP contribution >= 0.6 is 0 Å². The highest BCUT2D eigenvalue weighted by Gasteiger charge is 2.68. The lowest BCUT2D eigenvalue weighted by atomic mass is 9.53. The van der Waals surface area contributed by atoms with Gasteiger partial charge in [0.05, 0.1) is 49.0 Å². The average Bonchev–Trinajstić information content (AvgIpc) is 3.68. The number of methoxy groups -OCH3 is 1. The molecule has 0 unspecified atom stereocenters. The molecule has 11 heteroatoms. The summed E-state index contributed by atoms with van der Waals surface area (Å²) >= 11 is 0. The molecule has 0 aromatic carbocycles. The largest absolute Gasteiger partial charge is 0.491 e. The molecule has 8 rings (SSSR count). The van der Waals surface area contributed by atoms with Gasteiger partial charge in [0.15, 0.2) is 18.9 Å². The Labute approximate surface area is 258 Å². The fraction of sp³-hybridized carbons (Fsp3) is 0.879. The van der Waals surface area contributed by atoms with E-state index in [0.29, 0.717) is 25.0 Å². The first-order chi connectivity index (χ1) is 21.1. The van der Waals surface area contributed by atoms with E-state index in [0.717, 1.165) is 38.5 Å². The van der Waals surface area contributed by atoms with Gasteiger partial charge in [-0.15, -0.1) is 0 Å². The van der Waals surface area contributed by atoms with Gasteiger partial charge in [-0.1, -0.05) is 18.6 Å². The number of fused-ring (bicyclic) bond motifs is 3. The number of hydrogen-bond acceptors (Lipinski definition) is 11. The zero-order valence-electron chi connectivity index (χ0n) is 26.1. The minimum absolute atomic E-state index is 0.00723. The van der Waals surface area contributed by atoms with Crippen LogP contribution in [0.1, 0.15) is 65.7 Å². The minimum Gasteiger partial charge on any atom is -0.491 e. The maximum absolute atomic E-state index is 11.3. The lowest BCUT2D eigenvalue weighted by Crippen LogP contribution is -2.61. The van der Waals surface area contributed by atoms with Crippen LogP contribution in [-0.4, -0.2) is 109 Å². The summed E-state index contributed by atoms with van der Waals surface area (Å²) in [5.74, 6) is 2.01. The highest BCUT2D eigenvalue weighted by Crippen LogP contribution is 2.66. The van der Waals surface area contributed by atoms with Gasteiger partial charge in [0.2, 0.25) is 0 Å². The summed E-state index contributed by atoms with van der Waals surface area (Å²) in [6.45, 7) is 7.32. The van der Waals surface area contributed by atoms with Gasteiger partial charge in [-0.25, -0.2) is 0 Å². The topological polar surface area (TPSA) is 135 Å². The van der Waals surface area contributed by atoms with Crippen LogP contribution < -0.4 is 0 Å². The van der Waals surface area contributed by atoms with E-state index in [1.165, 1.54) is 24.0 Å². The SMILES string of the molecule is CO[C@@H]1[C@@H](O)[C@H](O[C@H]2CC[C@@]3(C)C(=CCC4=C5O[C@@H]6CO[C@@H]7OC[C@]5(CC[C@@H]43)[C@@H]76)C2)O[C@H](C)[C@H]1O[C@H]1C[C@H](O)[C@H](O)[C@@H](C)O1. The molecule has 0 radical (unpaired) electrons. The third-order valence-electron chi connectivity index (χ3n) is 12.4. The number of aliphatic hydroxyl groups excluding tert-OH is 3. The zero-order chi connectivity index (χ0) is 30.5. The van der Waals surface area contributed by atoms with Crippen LogP contribution in [0, 0.1) is 22.7 Å². The second-order valence-electron chi connectivity index (χ2n) is 14.7. The summed E-state index contributed by atoms with van der Waals surface area (Å²) in [4.78, 5) is 0. The Morgan fingerprint density at radius 3 is 2.59 bits per heavy atom. The monoisotopic (exact) mass is 620 g/mol. The fourth-order valence-electron chi connectivity index (χ4n) is 9.98. The molecule has 0 aromatic rings. The highest BCUT2D eigenvalue weighted by molar-refractivity contribution is 5.40. The maximum atomic E-state index is 11.3. The van der Waals surface area contributed by atoms with E-state index in [9.17, 15) is 15.3 Å². The van der Waals surface area contributed by atoms with Gasteiger partial charge >= 0.3 is 0 Å². The van der Waals surface area contributed by atoms with Crippen molar-refractivity contribution in [1.29, 1.82) is 0 Å². The summed E-state index contributed by atoms with van der Waals surface area (Å²) in [7, 11) is 1.54. The van der Waals surface area contributed by atoms with Gasteiger partial charge in [0, 0.05) is 13.5 Å². The summed E-state index contributed by atoms with van der Waals surface area (Å²) in [6, 6.07) is 0. The van der Waals surface area contributed by atoms with E-state index in [1.807, 2.05) is 6.92 Å². The van der Waals surface area contributed by atoms with Crippen LogP contribution in [0.15, 0.2) is 23.0 Å². The van der Waals surface area contributed by atoms with Crippen LogP contribution in [0.2, 0.25) is 0 Å². The van der Waals surface area contributed by atoms with Gasteiger partial charge in [0.25, 0.3) is 0 Å². The Balaban J connectivity index is 0.945. The average molecular weight is 621 g/mol.